The number of fused-ring (bicyclic) bond motifs is 1. The molecule has 0 atom stereocenters. The number of imidazole rings is 1. The number of aromatic nitrogens is 2. The third-order valence-electron chi connectivity index (χ3n) is 3.08. The van der Waals surface area contributed by atoms with Crippen LogP contribution in [-0.4, -0.2) is 9.55 Å². The van der Waals surface area contributed by atoms with E-state index in [1.807, 2.05) is 0 Å². The van der Waals surface area contributed by atoms with Crippen LogP contribution in [0.3, 0.4) is 0 Å². The van der Waals surface area contributed by atoms with E-state index in [-0.39, 0.29) is 27.1 Å². The van der Waals surface area contributed by atoms with Gasteiger partial charge in [0.2, 0.25) is 0 Å². The zero-order valence-electron chi connectivity index (χ0n) is 10.3. The Morgan fingerprint density at radius 3 is 2.57 bits per heavy atom. The van der Waals surface area contributed by atoms with E-state index < -0.39 is 17.5 Å². The molecular formula is C14H6F3N3S. The van der Waals surface area contributed by atoms with Crippen LogP contribution in [0.25, 0.3) is 16.7 Å². The second-order valence-corrected chi connectivity index (χ2v) is 4.66. The van der Waals surface area contributed by atoms with Crippen molar-refractivity contribution in [1.82, 2.24) is 9.55 Å². The molecule has 0 spiro atoms. The molecule has 21 heavy (non-hydrogen) atoms. The fourth-order valence-corrected chi connectivity index (χ4v) is 2.47. The molecule has 0 amide bonds. The topological polar surface area (TPSA) is 44.5 Å². The molecule has 0 unspecified atom stereocenters. The van der Waals surface area contributed by atoms with Crippen LogP contribution in [0.2, 0.25) is 0 Å². The normalized spacial score (nSPS) is 10.8. The summed E-state index contributed by atoms with van der Waals surface area (Å²) in [5.41, 5.74) is -0.148. The summed E-state index contributed by atoms with van der Waals surface area (Å²) in [7, 11) is 0. The largest absolute Gasteiger partial charge is 0.330 e. The van der Waals surface area contributed by atoms with Crippen LogP contribution in [0.5, 0.6) is 0 Å². The predicted molar refractivity (Wildman–Crippen MR) is 73.0 cm³/mol. The highest BCUT2D eigenvalue weighted by atomic mass is 32.1. The number of benzene rings is 2. The van der Waals surface area contributed by atoms with E-state index in [2.05, 4.69) is 4.98 Å². The van der Waals surface area contributed by atoms with Crippen molar-refractivity contribution in [3.05, 3.63) is 58.1 Å². The first-order valence-corrected chi connectivity index (χ1v) is 6.23. The molecule has 104 valence electrons. The molecule has 0 aliphatic carbocycles. The van der Waals surface area contributed by atoms with Gasteiger partial charge in [-0.1, -0.05) is 6.07 Å². The first-order valence-electron chi connectivity index (χ1n) is 5.82. The van der Waals surface area contributed by atoms with E-state index in [1.54, 1.807) is 6.07 Å². The Balaban J connectivity index is 2.50. The summed E-state index contributed by atoms with van der Waals surface area (Å²) in [6.07, 6.45) is 0. The Bertz CT molecular complexity index is 966. The van der Waals surface area contributed by atoms with Crippen molar-refractivity contribution in [2.24, 2.45) is 0 Å². The summed E-state index contributed by atoms with van der Waals surface area (Å²) in [5, 5.41) is 9.07. The fraction of sp³-hybridized carbons (Fsp3) is 0. The fourth-order valence-electron chi connectivity index (χ4n) is 2.17. The van der Waals surface area contributed by atoms with Crippen molar-refractivity contribution >= 4 is 23.3 Å². The van der Waals surface area contributed by atoms with E-state index in [4.69, 9.17) is 17.5 Å². The van der Waals surface area contributed by atoms with Gasteiger partial charge in [0.15, 0.2) is 16.4 Å². The maximum atomic E-state index is 14.1. The highest BCUT2D eigenvalue weighted by Crippen LogP contribution is 2.26. The lowest BCUT2D eigenvalue weighted by Gasteiger charge is -2.08. The van der Waals surface area contributed by atoms with E-state index in [9.17, 15) is 13.2 Å². The number of H-pyrrole nitrogens is 1. The van der Waals surface area contributed by atoms with Gasteiger partial charge < -0.3 is 4.98 Å². The average Bonchev–Trinajstić information content (AvgIpc) is 2.79. The average molecular weight is 305 g/mol. The molecule has 3 aromatic rings. The molecule has 0 saturated heterocycles. The number of nitrogens with zero attached hydrogens (tertiary/aromatic N) is 2. The number of hydrogen-bond donors (Lipinski definition) is 1. The van der Waals surface area contributed by atoms with Gasteiger partial charge in [-0.3, -0.25) is 4.57 Å². The molecule has 2 aromatic carbocycles. The maximum absolute atomic E-state index is 14.1. The monoisotopic (exact) mass is 305 g/mol. The van der Waals surface area contributed by atoms with Crippen molar-refractivity contribution in [3.8, 4) is 11.8 Å². The van der Waals surface area contributed by atoms with Crippen molar-refractivity contribution in [1.29, 1.82) is 5.26 Å². The molecule has 3 nitrogen and oxygen atoms in total. The van der Waals surface area contributed by atoms with Gasteiger partial charge in [0.25, 0.3) is 0 Å². The molecule has 7 heteroatoms. The molecule has 0 aliphatic heterocycles. The van der Waals surface area contributed by atoms with Crippen molar-refractivity contribution in [2.75, 3.05) is 0 Å². The standard InChI is InChI=1S/C14H6F3N3S/c15-8-2-1-3-11(7(8)6-18)20-13-10(19-14(20)21)5-4-9(16)12(13)17/h1-5H,(H,19,21). The van der Waals surface area contributed by atoms with Gasteiger partial charge in [-0.25, -0.2) is 13.2 Å². The Labute approximate surface area is 121 Å². The van der Waals surface area contributed by atoms with Gasteiger partial charge in [-0.2, -0.15) is 5.26 Å². The van der Waals surface area contributed by atoms with E-state index in [0.717, 1.165) is 16.7 Å². The number of halogens is 3. The van der Waals surface area contributed by atoms with Crippen molar-refractivity contribution < 1.29 is 13.2 Å². The van der Waals surface area contributed by atoms with Crippen LogP contribution < -0.4 is 0 Å². The first kappa shape index (κ1) is 13.4. The Hall–Kier alpha value is -2.59. The second-order valence-electron chi connectivity index (χ2n) is 4.27. The van der Waals surface area contributed by atoms with Crippen LogP contribution in [0.1, 0.15) is 5.56 Å². The summed E-state index contributed by atoms with van der Waals surface area (Å²) in [5.74, 6) is -2.93. The summed E-state index contributed by atoms with van der Waals surface area (Å²) in [6.45, 7) is 0. The van der Waals surface area contributed by atoms with Gasteiger partial charge in [-0.15, -0.1) is 0 Å². The van der Waals surface area contributed by atoms with Gasteiger partial charge in [0.05, 0.1) is 11.2 Å². The number of hydrogen-bond acceptors (Lipinski definition) is 2. The summed E-state index contributed by atoms with van der Waals surface area (Å²) >= 11 is 5.08. The van der Waals surface area contributed by atoms with Gasteiger partial charge in [0.1, 0.15) is 23.0 Å². The Morgan fingerprint density at radius 1 is 1.10 bits per heavy atom. The van der Waals surface area contributed by atoms with Gasteiger partial charge >= 0.3 is 0 Å². The summed E-state index contributed by atoms with van der Waals surface area (Å²) in [4.78, 5) is 2.70. The minimum atomic E-state index is -1.12. The van der Waals surface area contributed by atoms with E-state index in [0.29, 0.717) is 0 Å². The van der Waals surface area contributed by atoms with Gasteiger partial charge in [0, 0.05) is 0 Å². The Kier molecular flexibility index (Phi) is 3.03. The molecule has 0 saturated carbocycles. The van der Waals surface area contributed by atoms with Crippen LogP contribution in [0.4, 0.5) is 13.2 Å². The molecule has 3 rings (SSSR count). The van der Waals surface area contributed by atoms with Crippen molar-refractivity contribution in [2.45, 2.75) is 0 Å². The van der Waals surface area contributed by atoms with Crippen LogP contribution >= 0.6 is 12.2 Å². The van der Waals surface area contributed by atoms with Gasteiger partial charge in [-0.05, 0) is 36.5 Å². The molecule has 1 aromatic heterocycles. The maximum Gasteiger partial charge on any atom is 0.184 e. The quantitative estimate of drug-likeness (QED) is 0.691. The number of aromatic amines is 1. The lowest BCUT2D eigenvalue weighted by molar-refractivity contribution is 0.514. The zero-order valence-corrected chi connectivity index (χ0v) is 11.1. The number of nitriles is 1. The minimum absolute atomic E-state index is 0.0385. The predicted octanol–water partition coefficient (Wildman–Crippen LogP) is 3.98. The molecule has 0 aliphatic rings. The summed E-state index contributed by atoms with van der Waals surface area (Å²) < 4.78 is 42.4. The first-order chi connectivity index (χ1) is 10.0. The van der Waals surface area contributed by atoms with Crippen LogP contribution in [0.15, 0.2) is 30.3 Å². The van der Waals surface area contributed by atoms with E-state index >= 15 is 0 Å². The number of nitrogens with one attached hydrogen (secondary N) is 1. The van der Waals surface area contributed by atoms with Crippen LogP contribution in [-0.2, 0) is 0 Å². The Morgan fingerprint density at radius 2 is 1.86 bits per heavy atom. The third kappa shape index (κ3) is 1.92. The van der Waals surface area contributed by atoms with Crippen LogP contribution in [0, 0.1) is 33.6 Å². The third-order valence-corrected chi connectivity index (χ3v) is 3.37. The number of rotatable bonds is 1. The smallest absolute Gasteiger partial charge is 0.184 e. The molecule has 1 heterocycles. The lowest BCUT2D eigenvalue weighted by atomic mass is 10.1. The zero-order chi connectivity index (χ0) is 15.1. The molecular weight excluding hydrogens is 299 g/mol. The molecule has 1 N–H and O–H groups in total. The lowest BCUT2D eigenvalue weighted by Crippen LogP contribution is -2.01. The van der Waals surface area contributed by atoms with Crippen molar-refractivity contribution in [3.63, 3.8) is 0 Å². The molecule has 0 fully saturated rings. The highest BCUT2D eigenvalue weighted by molar-refractivity contribution is 7.71. The molecule has 0 radical (unpaired) electrons. The minimum Gasteiger partial charge on any atom is -0.330 e. The second kappa shape index (κ2) is 4.75. The molecule has 0 bridgehead atoms. The van der Waals surface area contributed by atoms with E-state index in [1.165, 1.54) is 18.2 Å². The highest BCUT2D eigenvalue weighted by Gasteiger charge is 2.18. The summed E-state index contributed by atoms with van der Waals surface area (Å²) in [6, 6.07) is 7.88. The SMILES string of the molecule is N#Cc1c(F)cccc1-n1c(=S)[nH]c2ccc(F)c(F)c21.